The molecule has 0 radical (unpaired) electrons. The Bertz CT molecular complexity index is 566. The Balaban J connectivity index is 2.12. The zero-order valence-electron chi connectivity index (χ0n) is 9.74. The van der Waals surface area contributed by atoms with Crippen LogP contribution in [0.3, 0.4) is 0 Å². The highest BCUT2D eigenvalue weighted by molar-refractivity contribution is 6.31. The first-order valence-electron chi connectivity index (χ1n) is 5.92. The summed E-state index contributed by atoms with van der Waals surface area (Å²) >= 11 is 5.94. The number of fused-ring (bicyclic) bond motifs is 1. The number of rotatable bonds is 1. The second kappa shape index (κ2) is 3.72. The molecule has 90 valence electrons. The zero-order chi connectivity index (χ0) is 12.0. The summed E-state index contributed by atoms with van der Waals surface area (Å²) in [6.07, 6.45) is 3.21. The highest BCUT2D eigenvalue weighted by atomic mass is 35.5. The molecule has 1 aromatic heterocycles. The summed E-state index contributed by atoms with van der Waals surface area (Å²) in [6.45, 7) is 2.14. The zero-order valence-corrected chi connectivity index (χ0v) is 10.5. The highest BCUT2D eigenvalue weighted by Gasteiger charge is 2.42. The van der Waals surface area contributed by atoms with Crippen LogP contribution < -0.4 is 5.73 Å². The van der Waals surface area contributed by atoms with E-state index in [1.165, 1.54) is 0 Å². The van der Waals surface area contributed by atoms with Crippen molar-refractivity contribution in [3.05, 3.63) is 29.1 Å². The van der Waals surface area contributed by atoms with Crippen molar-refractivity contribution in [1.82, 2.24) is 4.98 Å². The number of halogens is 1. The average molecular weight is 251 g/mol. The third-order valence-electron chi connectivity index (χ3n) is 3.87. The Morgan fingerprint density at radius 3 is 3.06 bits per heavy atom. The van der Waals surface area contributed by atoms with Crippen LogP contribution in [0.1, 0.15) is 32.1 Å². The van der Waals surface area contributed by atoms with Crippen LogP contribution >= 0.6 is 11.6 Å². The lowest BCUT2D eigenvalue weighted by atomic mass is 9.85. The van der Waals surface area contributed by atoms with Gasteiger partial charge in [0.1, 0.15) is 5.52 Å². The fraction of sp³-hybridized carbons (Fsp3) is 0.462. The van der Waals surface area contributed by atoms with Gasteiger partial charge in [-0.15, -0.1) is 0 Å². The van der Waals surface area contributed by atoms with E-state index in [2.05, 4.69) is 11.9 Å². The van der Waals surface area contributed by atoms with Gasteiger partial charge in [0, 0.05) is 17.1 Å². The monoisotopic (exact) mass is 250 g/mol. The Morgan fingerprint density at radius 1 is 1.53 bits per heavy atom. The molecule has 2 unspecified atom stereocenters. The van der Waals surface area contributed by atoms with Gasteiger partial charge in [-0.1, -0.05) is 18.0 Å². The highest BCUT2D eigenvalue weighted by Crippen LogP contribution is 2.40. The van der Waals surface area contributed by atoms with Gasteiger partial charge in [0.15, 0.2) is 5.58 Å². The minimum Gasteiger partial charge on any atom is -0.440 e. The normalized spacial score (nSPS) is 29.0. The van der Waals surface area contributed by atoms with E-state index in [-0.39, 0.29) is 11.5 Å². The van der Waals surface area contributed by atoms with Crippen molar-refractivity contribution in [1.29, 1.82) is 0 Å². The molecule has 1 fully saturated rings. The van der Waals surface area contributed by atoms with Crippen molar-refractivity contribution >= 4 is 22.7 Å². The lowest BCUT2D eigenvalue weighted by molar-refractivity contribution is 0.332. The van der Waals surface area contributed by atoms with Crippen LogP contribution in [-0.2, 0) is 5.41 Å². The number of hydrogen-bond acceptors (Lipinski definition) is 3. The molecule has 0 amide bonds. The van der Waals surface area contributed by atoms with Crippen LogP contribution in [0, 0.1) is 0 Å². The SMILES string of the molecule is CC1(c2nc3ccc(Cl)cc3o2)CCCC1N. The second-order valence-electron chi connectivity index (χ2n) is 5.05. The predicted octanol–water partition coefficient (Wildman–Crippen LogP) is 3.25. The Morgan fingerprint density at radius 2 is 2.35 bits per heavy atom. The van der Waals surface area contributed by atoms with Crippen molar-refractivity contribution in [3.63, 3.8) is 0 Å². The minimum atomic E-state index is -0.133. The lowest BCUT2D eigenvalue weighted by Crippen LogP contribution is -2.38. The van der Waals surface area contributed by atoms with E-state index in [9.17, 15) is 0 Å². The Labute approximate surface area is 105 Å². The summed E-state index contributed by atoms with van der Waals surface area (Å²) < 4.78 is 5.83. The molecule has 0 spiro atoms. The van der Waals surface area contributed by atoms with E-state index in [1.54, 1.807) is 6.07 Å². The van der Waals surface area contributed by atoms with Gasteiger partial charge in [0.25, 0.3) is 0 Å². The fourth-order valence-electron chi connectivity index (χ4n) is 2.60. The molecule has 0 aliphatic heterocycles. The minimum absolute atomic E-state index is 0.131. The summed E-state index contributed by atoms with van der Waals surface area (Å²) in [4.78, 5) is 4.55. The summed E-state index contributed by atoms with van der Waals surface area (Å²) in [7, 11) is 0. The number of benzene rings is 1. The van der Waals surface area contributed by atoms with Crippen molar-refractivity contribution in [2.45, 2.75) is 37.6 Å². The van der Waals surface area contributed by atoms with Gasteiger partial charge in [-0.2, -0.15) is 0 Å². The summed E-state index contributed by atoms with van der Waals surface area (Å²) in [5.41, 5.74) is 7.63. The molecule has 1 aliphatic rings. The van der Waals surface area contributed by atoms with Gasteiger partial charge in [0.2, 0.25) is 5.89 Å². The number of oxazole rings is 1. The standard InChI is InChI=1S/C13H15ClN2O/c1-13(6-2-3-11(13)15)12-16-9-5-4-8(14)7-10(9)17-12/h4-5,7,11H,2-3,6,15H2,1H3. The third kappa shape index (κ3) is 1.65. The smallest absolute Gasteiger partial charge is 0.202 e. The number of hydrogen-bond donors (Lipinski definition) is 1. The summed E-state index contributed by atoms with van der Waals surface area (Å²) in [5.74, 6) is 0.750. The Kier molecular flexibility index (Phi) is 2.42. The maximum Gasteiger partial charge on any atom is 0.202 e. The fourth-order valence-corrected chi connectivity index (χ4v) is 2.76. The number of nitrogens with zero attached hydrogens (tertiary/aromatic N) is 1. The van der Waals surface area contributed by atoms with Crippen LogP contribution in [0.25, 0.3) is 11.1 Å². The quantitative estimate of drug-likeness (QED) is 0.845. The third-order valence-corrected chi connectivity index (χ3v) is 4.10. The van der Waals surface area contributed by atoms with E-state index in [0.29, 0.717) is 5.02 Å². The van der Waals surface area contributed by atoms with Gasteiger partial charge in [0.05, 0.1) is 5.41 Å². The Hall–Kier alpha value is -1.06. The maximum atomic E-state index is 6.17. The van der Waals surface area contributed by atoms with Gasteiger partial charge < -0.3 is 10.2 Å². The molecule has 1 aliphatic carbocycles. The molecule has 1 heterocycles. The van der Waals surface area contributed by atoms with Crippen molar-refractivity contribution in [3.8, 4) is 0 Å². The van der Waals surface area contributed by atoms with Crippen LogP contribution in [0.5, 0.6) is 0 Å². The molecule has 2 aromatic rings. The van der Waals surface area contributed by atoms with Crippen LogP contribution in [0.15, 0.2) is 22.6 Å². The van der Waals surface area contributed by atoms with Gasteiger partial charge in [-0.3, -0.25) is 0 Å². The summed E-state index contributed by atoms with van der Waals surface area (Å²) in [5, 5.41) is 0.668. The van der Waals surface area contributed by atoms with E-state index in [1.807, 2.05) is 12.1 Å². The number of nitrogens with two attached hydrogens (primary N) is 1. The van der Waals surface area contributed by atoms with E-state index in [4.69, 9.17) is 21.8 Å². The maximum absolute atomic E-state index is 6.17. The lowest BCUT2D eigenvalue weighted by Gasteiger charge is -2.24. The first kappa shape index (κ1) is 11.1. The van der Waals surface area contributed by atoms with Crippen LogP contribution in [0.4, 0.5) is 0 Å². The molecule has 3 rings (SSSR count). The second-order valence-corrected chi connectivity index (χ2v) is 5.48. The van der Waals surface area contributed by atoms with Gasteiger partial charge in [-0.25, -0.2) is 4.98 Å². The predicted molar refractivity (Wildman–Crippen MR) is 68.2 cm³/mol. The molecular formula is C13H15ClN2O. The van der Waals surface area contributed by atoms with Crippen molar-refractivity contribution in [2.75, 3.05) is 0 Å². The molecule has 0 bridgehead atoms. The van der Waals surface area contributed by atoms with Crippen molar-refractivity contribution in [2.24, 2.45) is 5.73 Å². The molecule has 2 N–H and O–H groups in total. The van der Waals surface area contributed by atoms with E-state index >= 15 is 0 Å². The first-order chi connectivity index (χ1) is 8.09. The van der Waals surface area contributed by atoms with Gasteiger partial charge >= 0.3 is 0 Å². The van der Waals surface area contributed by atoms with Gasteiger partial charge in [-0.05, 0) is 31.9 Å². The molecule has 1 saturated carbocycles. The first-order valence-corrected chi connectivity index (χ1v) is 6.29. The molecule has 1 aromatic carbocycles. The molecule has 2 atom stereocenters. The molecule has 0 saturated heterocycles. The summed E-state index contributed by atoms with van der Waals surface area (Å²) in [6, 6.07) is 5.64. The van der Waals surface area contributed by atoms with E-state index in [0.717, 1.165) is 36.3 Å². The van der Waals surface area contributed by atoms with E-state index < -0.39 is 0 Å². The molecule has 4 heteroatoms. The molecule has 17 heavy (non-hydrogen) atoms. The largest absolute Gasteiger partial charge is 0.440 e. The molecule has 3 nitrogen and oxygen atoms in total. The van der Waals surface area contributed by atoms with Crippen molar-refractivity contribution < 1.29 is 4.42 Å². The topological polar surface area (TPSA) is 52.0 Å². The van der Waals surface area contributed by atoms with Crippen LogP contribution in [0.2, 0.25) is 5.02 Å². The molecular weight excluding hydrogens is 236 g/mol. The average Bonchev–Trinajstić information content (AvgIpc) is 2.84. The van der Waals surface area contributed by atoms with Crippen LogP contribution in [-0.4, -0.2) is 11.0 Å². The number of aromatic nitrogens is 1.